The first-order valence-electron chi connectivity index (χ1n) is 6.76. The molecule has 19 heavy (non-hydrogen) atoms. The van der Waals surface area contributed by atoms with Gasteiger partial charge in [-0.3, -0.25) is 4.79 Å². The van der Waals surface area contributed by atoms with Crippen LogP contribution in [0.3, 0.4) is 0 Å². The fourth-order valence-electron chi connectivity index (χ4n) is 2.08. The Kier molecular flexibility index (Phi) is 4.10. The molecule has 0 spiro atoms. The maximum Gasteiger partial charge on any atom is 0.251 e. The Morgan fingerprint density at radius 3 is 2.58 bits per heavy atom. The second kappa shape index (κ2) is 5.61. The maximum atomic E-state index is 11.9. The van der Waals surface area contributed by atoms with E-state index in [0.717, 1.165) is 18.6 Å². The van der Waals surface area contributed by atoms with Crippen LogP contribution in [0.25, 0.3) is 0 Å². The zero-order valence-electron chi connectivity index (χ0n) is 11.5. The topological polar surface area (TPSA) is 58.6 Å². The van der Waals surface area contributed by atoms with Gasteiger partial charge in [0.15, 0.2) is 0 Å². The number of hydrogen-bond acceptors (Lipinski definition) is 3. The molecular formula is C15H21NO3. The van der Waals surface area contributed by atoms with E-state index in [-0.39, 0.29) is 5.91 Å². The minimum Gasteiger partial charge on any atom is -0.494 e. The van der Waals surface area contributed by atoms with Crippen LogP contribution in [0.15, 0.2) is 24.3 Å². The largest absolute Gasteiger partial charge is 0.494 e. The van der Waals surface area contributed by atoms with E-state index in [9.17, 15) is 9.90 Å². The van der Waals surface area contributed by atoms with Gasteiger partial charge in [0.25, 0.3) is 5.91 Å². The lowest BCUT2D eigenvalue weighted by Gasteiger charge is -2.23. The van der Waals surface area contributed by atoms with E-state index in [1.54, 1.807) is 31.2 Å². The lowest BCUT2D eigenvalue weighted by atomic mass is 10.0. The highest BCUT2D eigenvalue weighted by Gasteiger charge is 2.39. The van der Waals surface area contributed by atoms with Gasteiger partial charge < -0.3 is 15.2 Å². The molecule has 1 saturated carbocycles. The molecule has 1 fully saturated rings. The molecule has 4 heteroatoms. The molecule has 0 heterocycles. The molecule has 0 unspecified atom stereocenters. The predicted octanol–water partition coefficient (Wildman–Crippen LogP) is 1.98. The van der Waals surface area contributed by atoms with Crippen LogP contribution in [-0.4, -0.2) is 29.8 Å². The van der Waals surface area contributed by atoms with Gasteiger partial charge in [0.05, 0.1) is 12.2 Å². The molecule has 104 valence electrons. The van der Waals surface area contributed by atoms with Crippen molar-refractivity contribution >= 4 is 5.91 Å². The Balaban J connectivity index is 1.88. The number of hydrogen-bond donors (Lipinski definition) is 2. The van der Waals surface area contributed by atoms with Crippen LogP contribution < -0.4 is 10.1 Å². The van der Waals surface area contributed by atoms with Crippen LogP contribution in [0.2, 0.25) is 0 Å². The number of benzene rings is 1. The number of aliphatic hydroxyl groups is 1. The molecule has 1 amide bonds. The van der Waals surface area contributed by atoms with Gasteiger partial charge in [-0.05, 0) is 56.9 Å². The number of carbonyl (C=O) groups excluding carboxylic acids is 1. The molecule has 4 nitrogen and oxygen atoms in total. The third kappa shape index (κ3) is 3.70. The van der Waals surface area contributed by atoms with E-state index < -0.39 is 5.60 Å². The predicted molar refractivity (Wildman–Crippen MR) is 73.3 cm³/mol. The third-order valence-corrected chi connectivity index (χ3v) is 3.49. The Labute approximate surface area is 113 Å². The van der Waals surface area contributed by atoms with E-state index in [1.165, 1.54) is 0 Å². The van der Waals surface area contributed by atoms with Gasteiger partial charge in [0, 0.05) is 12.1 Å². The normalized spacial score (nSPS) is 17.6. The number of carbonyl (C=O) groups is 1. The molecule has 0 aliphatic heterocycles. The molecule has 1 aromatic carbocycles. The van der Waals surface area contributed by atoms with Crippen LogP contribution >= 0.6 is 0 Å². The van der Waals surface area contributed by atoms with E-state index in [2.05, 4.69) is 5.32 Å². The van der Waals surface area contributed by atoms with Gasteiger partial charge in [-0.1, -0.05) is 0 Å². The standard InChI is InChI=1S/C15H21NO3/c1-3-19-13-8-4-11(5-9-13)14(17)16-10-15(2,18)12-6-7-12/h4-5,8-9,12,18H,3,6-7,10H2,1-2H3,(H,16,17)/t15-/m0/s1. The number of rotatable bonds is 6. The first-order valence-corrected chi connectivity index (χ1v) is 6.76. The summed E-state index contributed by atoms with van der Waals surface area (Å²) in [5, 5.41) is 12.9. The Hall–Kier alpha value is -1.55. The first kappa shape index (κ1) is 13.9. The summed E-state index contributed by atoms with van der Waals surface area (Å²) in [5.41, 5.74) is -0.212. The summed E-state index contributed by atoms with van der Waals surface area (Å²) < 4.78 is 5.32. The average Bonchev–Trinajstić information content (AvgIpc) is 3.22. The first-order chi connectivity index (χ1) is 9.03. The van der Waals surface area contributed by atoms with Crippen LogP contribution in [0, 0.1) is 5.92 Å². The molecule has 2 rings (SSSR count). The molecule has 0 aromatic heterocycles. The van der Waals surface area contributed by atoms with Crippen molar-refractivity contribution in [2.24, 2.45) is 5.92 Å². The Morgan fingerprint density at radius 1 is 1.42 bits per heavy atom. The fourth-order valence-corrected chi connectivity index (χ4v) is 2.08. The Morgan fingerprint density at radius 2 is 2.05 bits per heavy atom. The zero-order chi connectivity index (χ0) is 13.9. The molecule has 1 atom stereocenters. The fraction of sp³-hybridized carbons (Fsp3) is 0.533. The summed E-state index contributed by atoms with van der Waals surface area (Å²) >= 11 is 0. The van der Waals surface area contributed by atoms with Crippen molar-refractivity contribution in [3.8, 4) is 5.75 Å². The third-order valence-electron chi connectivity index (χ3n) is 3.49. The van der Waals surface area contributed by atoms with E-state index >= 15 is 0 Å². The second-order valence-electron chi connectivity index (χ2n) is 5.27. The zero-order valence-corrected chi connectivity index (χ0v) is 11.5. The number of ether oxygens (including phenoxy) is 1. The van der Waals surface area contributed by atoms with Gasteiger partial charge in [-0.15, -0.1) is 0 Å². The molecule has 0 saturated heterocycles. The van der Waals surface area contributed by atoms with Crippen LogP contribution in [-0.2, 0) is 0 Å². The molecule has 0 bridgehead atoms. The quantitative estimate of drug-likeness (QED) is 0.825. The van der Waals surface area contributed by atoms with Crippen molar-refractivity contribution < 1.29 is 14.6 Å². The molecule has 1 aromatic rings. The smallest absolute Gasteiger partial charge is 0.251 e. The number of nitrogens with one attached hydrogen (secondary N) is 1. The second-order valence-corrected chi connectivity index (χ2v) is 5.27. The van der Waals surface area contributed by atoms with Crippen molar-refractivity contribution in [2.45, 2.75) is 32.3 Å². The number of amides is 1. The molecular weight excluding hydrogens is 242 g/mol. The SMILES string of the molecule is CCOc1ccc(C(=O)NC[C@](C)(O)C2CC2)cc1. The summed E-state index contributed by atoms with van der Waals surface area (Å²) in [6.45, 7) is 4.60. The average molecular weight is 263 g/mol. The minimum atomic E-state index is -0.791. The summed E-state index contributed by atoms with van der Waals surface area (Å²) in [5.74, 6) is 0.918. The summed E-state index contributed by atoms with van der Waals surface area (Å²) in [4.78, 5) is 11.9. The van der Waals surface area contributed by atoms with E-state index in [0.29, 0.717) is 24.6 Å². The molecule has 0 radical (unpaired) electrons. The Bertz CT molecular complexity index is 435. The van der Waals surface area contributed by atoms with Crippen molar-refractivity contribution in [3.05, 3.63) is 29.8 Å². The summed E-state index contributed by atoms with van der Waals surface area (Å²) in [7, 11) is 0. The van der Waals surface area contributed by atoms with Crippen LogP contribution in [0.5, 0.6) is 5.75 Å². The van der Waals surface area contributed by atoms with Crippen molar-refractivity contribution in [3.63, 3.8) is 0 Å². The minimum absolute atomic E-state index is 0.163. The van der Waals surface area contributed by atoms with Gasteiger partial charge in [-0.25, -0.2) is 0 Å². The van der Waals surface area contributed by atoms with Gasteiger partial charge >= 0.3 is 0 Å². The van der Waals surface area contributed by atoms with E-state index in [1.807, 2.05) is 6.92 Å². The highest BCUT2D eigenvalue weighted by molar-refractivity contribution is 5.94. The molecule has 1 aliphatic carbocycles. The lowest BCUT2D eigenvalue weighted by molar-refractivity contribution is 0.0354. The van der Waals surface area contributed by atoms with Crippen LogP contribution in [0.4, 0.5) is 0 Å². The van der Waals surface area contributed by atoms with Crippen LogP contribution in [0.1, 0.15) is 37.0 Å². The van der Waals surface area contributed by atoms with Crippen molar-refractivity contribution in [1.29, 1.82) is 0 Å². The maximum absolute atomic E-state index is 11.9. The van der Waals surface area contributed by atoms with E-state index in [4.69, 9.17) is 4.74 Å². The highest BCUT2D eigenvalue weighted by Crippen LogP contribution is 2.39. The van der Waals surface area contributed by atoms with Gasteiger partial charge in [-0.2, -0.15) is 0 Å². The van der Waals surface area contributed by atoms with Gasteiger partial charge in [0.1, 0.15) is 5.75 Å². The monoisotopic (exact) mass is 263 g/mol. The van der Waals surface area contributed by atoms with Crippen molar-refractivity contribution in [1.82, 2.24) is 5.32 Å². The lowest BCUT2D eigenvalue weighted by Crippen LogP contribution is -2.42. The highest BCUT2D eigenvalue weighted by atomic mass is 16.5. The van der Waals surface area contributed by atoms with Crippen molar-refractivity contribution in [2.75, 3.05) is 13.2 Å². The summed E-state index contributed by atoms with van der Waals surface area (Å²) in [6, 6.07) is 7.01. The molecule has 1 aliphatic rings. The summed E-state index contributed by atoms with van der Waals surface area (Å²) in [6.07, 6.45) is 2.10. The molecule has 2 N–H and O–H groups in total. The van der Waals surface area contributed by atoms with Gasteiger partial charge in [0.2, 0.25) is 0 Å².